The molecule has 0 bridgehead atoms. The van der Waals surface area contributed by atoms with Crippen LogP contribution in [0.3, 0.4) is 0 Å². The molecule has 0 spiro atoms. The van der Waals surface area contributed by atoms with Gasteiger partial charge in [0.2, 0.25) is 0 Å². The van der Waals surface area contributed by atoms with Crippen molar-refractivity contribution in [3.63, 3.8) is 0 Å². The summed E-state index contributed by atoms with van der Waals surface area (Å²) < 4.78 is 5.33. The maximum absolute atomic E-state index is 12.7. The lowest BCUT2D eigenvalue weighted by Gasteiger charge is -2.27. The molecular formula is C26H28N6O3. The van der Waals surface area contributed by atoms with Crippen LogP contribution in [0, 0.1) is 0 Å². The van der Waals surface area contributed by atoms with E-state index in [1.807, 2.05) is 76.8 Å². The number of amidine groups is 1. The predicted octanol–water partition coefficient (Wildman–Crippen LogP) is 2.39. The zero-order chi connectivity index (χ0) is 24.4. The summed E-state index contributed by atoms with van der Waals surface area (Å²) in [5.41, 5.74) is 7.40. The van der Waals surface area contributed by atoms with Crippen LogP contribution in [-0.2, 0) is 4.74 Å². The number of nitrogens with one attached hydrogen (secondary N) is 2. The summed E-state index contributed by atoms with van der Waals surface area (Å²) in [7, 11) is 3.48. The van der Waals surface area contributed by atoms with Gasteiger partial charge in [0, 0.05) is 55.8 Å². The monoisotopic (exact) mass is 472 g/mol. The zero-order valence-electron chi connectivity index (χ0n) is 19.8. The van der Waals surface area contributed by atoms with E-state index in [1.165, 1.54) is 0 Å². The summed E-state index contributed by atoms with van der Waals surface area (Å²) in [5, 5.41) is 5.23. The quantitative estimate of drug-likeness (QED) is 0.695. The topological polar surface area (TPSA) is 89.5 Å². The number of carbonyl (C=O) groups is 2. The number of hydrazine groups is 1. The number of rotatable bonds is 5. The number of ether oxygens (including phenoxy) is 1. The van der Waals surface area contributed by atoms with E-state index >= 15 is 0 Å². The molecule has 35 heavy (non-hydrogen) atoms. The highest BCUT2D eigenvalue weighted by molar-refractivity contribution is 6.24. The number of nitrogens with zero attached hydrogens (tertiary/aromatic N) is 4. The maximum atomic E-state index is 12.7. The molecule has 9 nitrogen and oxygen atoms in total. The van der Waals surface area contributed by atoms with Gasteiger partial charge in [-0.2, -0.15) is 5.43 Å². The van der Waals surface area contributed by atoms with Gasteiger partial charge in [0.05, 0.1) is 13.2 Å². The van der Waals surface area contributed by atoms with Crippen LogP contribution in [0.25, 0.3) is 5.57 Å². The summed E-state index contributed by atoms with van der Waals surface area (Å²) in [6.07, 6.45) is 5.51. The Morgan fingerprint density at radius 3 is 2.40 bits per heavy atom. The average molecular weight is 473 g/mol. The van der Waals surface area contributed by atoms with Gasteiger partial charge in [-0.05, 0) is 54.1 Å². The summed E-state index contributed by atoms with van der Waals surface area (Å²) in [6.45, 7) is 2.41. The van der Waals surface area contributed by atoms with Crippen molar-refractivity contribution in [1.29, 1.82) is 0 Å². The number of anilines is 1. The maximum Gasteiger partial charge on any atom is 0.254 e. The Morgan fingerprint density at radius 1 is 1.03 bits per heavy atom. The smallest absolute Gasteiger partial charge is 0.254 e. The molecule has 0 radical (unpaired) electrons. The molecule has 180 valence electrons. The second-order valence-electron chi connectivity index (χ2n) is 8.68. The molecule has 5 rings (SSSR count). The lowest BCUT2D eigenvalue weighted by molar-refractivity contribution is 0.0303. The largest absolute Gasteiger partial charge is 0.378 e. The normalized spacial score (nSPS) is 19.1. The number of carbonyl (C=O) groups excluding carboxylic acids is 2. The van der Waals surface area contributed by atoms with Gasteiger partial charge in [-0.1, -0.05) is 12.1 Å². The lowest BCUT2D eigenvalue weighted by atomic mass is 10.0. The lowest BCUT2D eigenvalue weighted by Crippen LogP contribution is -2.41. The molecule has 3 heterocycles. The van der Waals surface area contributed by atoms with Gasteiger partial charge in [0.15, 0.2) is 12.1 Å². The second kappa shape index (κ2) is 9.73. The molecule has 2 aromatic carbocycles. The van der Waals surface area contributed by atoms with E-state index in [0.717, 1.165) is 22.7 Å². The van der Waals surface area contributed by atoms with Crippen molar-refractivity contribution in [3.8, 4) is 0 Å². The van der Waals surface area contributed by atoms with Crippen molar-refractivity contribution in [3.05, 3.63) is 83.6 Å². The van der Waals surface area contributed by atoms with Crippen molar-refractivity contribution in [2.24, 2.45) is 4.99 Å². The van der Waals surface area contributed by atoms with Gasteiger partial charge in [0.25, 0.3) is 11.8 Å². The fourth-order valence-corrected chi connectivity index (χ4v) is 4.18. The third kappa shape index (κ3) is 4.82. The minimum Gasteiger partial charge on any atom is -0.378 e. The van der Waals surface area contributed by atoms with Gasteiger partial charge in [-0.25, -0.2) is 4.99 Å². The van der Waals surface area contributed by atoms with Crippen LogP contribution in [0.15, 0.2) is 71.9 Å². The minimum absolute atomic E-state index is 0.0226. The van der Waals surface area contributed by atoms with Crippen molar-refractivity contribution >= 4 is 28.9 Å². The molecule has 9 heteroatoms. The number of hydrogen-bond donors (Lipinski definition) is 2. The molecule has 1 fully saturated rings. The molecule has 1 unspecified atom stereocenters. The minimum atomic E-state index is -0.369. The third-order valence-electron chi connectivity index (χ3n) is 6.06. The molecule has 2 N–H and O–H groups in total. The van der Waals surface area contributed by atoms with Gasteiger partial charge in [-0.3, -0.25) is 14.6 Å². The van der Waals surface area contributed by atoms with Crippen LogP contribution in [0.4, 0.5) is 5.69 Å². The van der Waals surface area contributed by atoms with E-state index in [4.69, 9.17) is 9.73 Å². The molecule has 2 amide bonds. The zero-order valence-corrected chi connectivity index (χ0v) is 19.8. The first-order valence-electron chi connectivity index (χ1n) is 11.6. The summed E-state index contributed by atoms with van der Waals surface area (Å²) in [4.78, 5) is 33.1. The van der Waals surface area contributed by atoms with Crippen molar-refractivity contribution in [2.45, 2.75) is 6.29 Å². The van der Waals surface area contributed by atoms with Crippen LogP contribution < -0.4 is 10.7 Å². The first-order valence-corrected chi connectivity index (χ1v) is 11.6. The Hall–Kier alpha value is -3.95. The Labute approximate surface area is 204 Å². The predicted molar refractivity (Wildman–Crippen MR) is 135 cm³/mol. The average Bonchev–Trinajstić information content (AvgIpc) is 3.31. The fourth-order valence-electron chi connectivity index (χ4n) is 4.18. The number of fused-ring (bicyclic) bond motifs is 1. The summed E-state index contributed by atoms with van der Waals surface area (Å²) in [5.74, 6) is 0.780. The van der Waals surface area contributed by atoms with Crippen LogP contribution >= 0.6 is 0 Å². The van der Waals surface area contributed by atoms with E-state index in [0.29, 0.717) is 37.4 Å². The van der Waals surface area contributed by atoms with E-state index in [9.17, 15) is 9.59 Å². The van der Waals surface area contributed by atoms with Crippen molar-refractivity contribution in [1.82, 2.24) is 20.2 Å². The molecule has 0 aliphatic carbocycles. The third-order valence-corrected chi connectivity index (χ3v) is 6.06. The van der Waals surface area contributed by atoms with E-state index in [2.05, 4.69) is 10.7 Å². The fraction of sp³-hybridized carbons (Fsp3) is 0.269. The molecule has 3 aliphatic rings. The number of morpholine rings is 1. The Balaban J connectivity index is 1.27. The highest BCUT2D eigenvalue weighted by Crippen LogP contribution is 2.26. The molecule has 0 saturated carbocycles. The SMILES string of the molecule is CN(C)C(=O)c1ccc(C2=CC=CN3NC(Nc4ccc(C(=O)N5CCOCC5)cc4)N=C23)cc1. The number of amides is 2. The number of allylic oxidation sites excluding steroid dienone is 2. The molecule has 0 aromatic heterocycles. The highest BCUT2D eigenvalue weighted by Gasteiger charge is 2.28. The first-order chi connectivity index (χ1) is 17.0. The summed E-state index contributed by atoms with van der Waals surface area (Å²) >= 11 is 0. The van der Waals surface area contributed by atoms with E-state index in [1.54, 1.807) is 19.0 Å². The van der Waals surface area contributed by atoms with E-state index < -0.39 is 0 Å². The molecule has 2 aromatic rings. The number of benzene rings is 2. The van der Waals surface area contributed by atoms with E-state index in [-0.39, 0.29) is 18.1 Å². The van der Waals surface area contributed by atoms with Crippen molar-refractivity contribution < 1.29 is 14.3 Å². The first kappa shape index (κ1) is 22.8. The standard InChI is InChI=1S/C26H28N6O3/c1-30(2)24(33)19-7-5-18(6-8-19)22-4-3-13-32-23(22)28-26(29-32)27-21-11-9-20(10-12-21)25(34)31-14-16-35-17-15-31/h3-13,26-27,29H,14-17H2,1-2H3. The Kier molecular flexibility index (Phi) is 6.35. The summed E-state index contributed by atoms with van der Waals surface area (Å²) in [6, 6.07) is 15.0. The van der Waals surface area contributed by atoms with Crippen LogP contribution in [0.2, 0.25) is 0 Å². The highest BCUT2D eigenvalue weighted by atomic mass is 16.5. The van der Waals surface area contributed by atoms with Gasteiger partial charge < -0.3 is 19.9 Å². The van der Waals surface area contributed by atoms with Gasteiger partial charge in [0.1, 0.15) is 0 Å². The molecule has 1 atom stereocenters. The van der Waals surface area contributed by atoms with Crippen LogP contribution in [0.1, 0.15) is 26.3 Å². The van der Waals surface area contributed by atoms with Crippen LogP contribution in [0.5, 0.6) is 0 Å². The van der Waals surface area contributed by atoms with Gasteiger partial charge >= 0.3 is 0 Å². The molecular weight excluding hydrogens is 444 g/mol. The van der Waals surface area contributed by atoms with Crippen LogP contribution in [-0.4, -0.2) is 79.1 Å². The van der Waals surface area contributed by atoms with Gasteiger partial charge in [-0.15, -0.1) is 0 Å². The number of aliphatic imine (C=N–C) groups is 1. The number of hydrogen-bond acceptors (Lipinski definition) is 7. The molecule has 1 saturated heterocycles. The second-order valence-corrected chi connectivity index (χ2v) is 8.68. The Bertz CT molecular complexity index is 1190. The van der Waals surface area contributed by atoms with Crippen molar-refractivity contribution in [2.75, 3.05) is 45.7 Å². The molecule has 3 aliphatic heterocycles. The Morgan fingerprint density at radius 2 is 1.71 bits per heavy atom.